The molecule has 0 aromatic carbocycles. The number of ether oxygens (including phenoxy) is 1. The monoisotopic (exact) mass is 285 g/mol. The highest BCUT2D eigenvalue weighted by atomic mass is 16.5. The lowest BCUT2D eigenvalue weighted by atomic mass is 9.81. The van der Waals surface area contributed by atoms with Crippen molar-refractivity contribution in [2.24, 2.45) is 5.41 Å². The number of rotatable bonds is 3. The quantitative estimate of drug-likeness (QED) is 0.875. The fourth-order valence-electron chi connectivity index (χ4n) is 2.48. The number of carbonyl (C=O) groups excluding carboxylic acids is 1. The standard InChI is InChI=1S/C14H15N5O2/c15-7-14(1-3-21-4-2-14)8-18-13(20)11-6-17-12-10(11)5-16-9-19-12/h5-6,9H,1-4,8H2,(H,18,20)(H,16,17,19). The van der Waals surface area contributed by atoms with E-state index in [2.05, 4.69) is 26.3 Å². The summed E-state index contributed by atoms with van der Waals surface area (Å²) in [6.45, 7) is 1.45. The van der Waals surface area contributed by atoms with Crippen LogP contribution in [0.3, 0.4) is 0 Å². The zero-order chi connectivity index (χ0) is 14.7. The van der Waals surface area contributed by atoms with Gasteiger partial charge in [-0.1, -0.05) is 0 Å². The second kappa shape index (κ2) is 5.50. The summed E-state index contributed by atoms with van der Waals surface area (Å²) in [6, 6.07) is 2.33. The Balaban J connectivity index is 1.73. The first kappa shape index (κ1) is 13.5. The van der Waals surface area contributed by atoms with E-state index in [0.29, 0.717) is 49.2 Å². The van der Waals surface area contributed by atoms with Crippen molar-refractivity contribution in [1.29, 1.82) is 5.26 Å². The molecule has 1 fully saturated rings. The summed E-state index contributed by atoms with van der Waals surface area (Å²) in [7, 11) is 0. The molecule has 0 unspecified atom stereocenters. The van der Waals surface area contributed by atoms with E-state index in [4.69, 9.17) is 4.74 Å². The van der Waals surface area contributed by atoms with Gasteiger partial charge in [0, 0.05) is 37.5 Å². The van der Waals surface area contributed by atoms with Crippen LogP contribution in [0.5, 0.6) is 0 Å². The number of hydrogen-bond donors (Lipinski definition) is 2. The van der Waals surface area contributed by atoms with Gasteiger partial charge in [-0.25, -0.2) is 9.97 Å². The van der Waals surface area contributed by atoms with E-state index in [1.165, 1.54) is 6.33 Å². The van der Waals surface area contributed by atoms with E-state index < -0.39 is 5.41 Å². The van der Waals surface area contributed by atoms with Crippen LogP contribution in [0.1, 0.15) is 23.2 Å². The summed E-state index contributed by atoms with van der Waals surface area (Å²) in [6.07, 6.45) is 5.91. The summed E-state index contributed by atoms with van der Waals surface area (Å²) < 4.78 is 5.28. The van der Waals surface area contributed by atoms with E-state index in [0.717, 1.165) is 0 Å². The van der Waals surface area contributed by atoms with Crippen LogP contribution < -0.4 is 5.32 Å². The summed E-state index contributed by atoms with van der Waals surface area (Å²) in [5.41, 5.74) is 0.582. The Kier molecular flexibility index (Phi) is 3.54. The summed E-state index contributed by atoms with van der Waals surface area (Å²) in [5, 5.41) is 12.9. The molecule has 0 atom stereocenters. The van der Waals surface area contributed by atoms with Crippen molar-refractivity contribution in [2.75, 3.05) is 19.8 Å². The van der Waals surface area contributed by atoms with Crippen LogP contribution in [0.25, 0.3) is 11.0 Å². The summed E-state index contributed by atoms with van der Waals surface area (Å²) in [5.74, 6) is -0.225. The molecule has 1 aliphatic rings. The van der Waals surface area contributed by atoms with Crippen LogP contribution in [0, 0.1) is 16.7 Å². The molecule has 2 N–H and O–H groups in total. The van der Waals surface area contributed by atoms with Gasteiger partial charge in [0.15, 0.2) is 0 Å². The van der Waals surface area contributed by atoms with Crippen molar-refractivity contribution in [3.05, 3.63) is 24.3 Å². The van der Waals surface area contributed by atoms with Gasteiger partial charge < -0.3 is 15.0 Å². The minimum Gasteiger partial charge on any atom is -0.381 e. The molecule has 108 valence electrons. The van der Waals surface area contributed by atoms with Crippen LogP contribution in [0.15, 0.2) is 18.7 Å². The molecule has 3 heterocycles. The Labute approximate surface area is 121 Å². The Morgan fingerprint density at radius 2 is 2.33 bits per heavy atom. The molecule has 7 nitrogen and oxygen atoms in total. The van der Waals surface area contributed by atoms with E-state index in [1.54, 1.807) is 12.4 Å². The van der Waals surface area contributed by atoms with Gasteiger partial charge in [0.05, 0.1) is 17.0 Å². The average molecular weight is 285 g/mol. The normalized spacial score (nSPS) is 17.3. The van der Waals surface area contributed by atoms with Crippen molar-refractivity contribution >= 4 is 16.9 Å². The van der Waals surface area contributed by atoms with Crippen LogP contribution in [0.4, 0.5) is 0 Å². The number of hydrogen-bond acceptors (Lipinski definition) is 5. The van der Waals surface area contributed by atoms with Crippen LogP contribution >= 0.6 is 0 Å². The summed E-state index contributed by atoms with van der Waals surface area (Å²) >= 11 is 0. The molecule has 2 aromatic rings. The lowest BCUT2D eigenvalue weighted by Gasteiger charge is -2.30. The number of nitriles is 1. The van der Waals surface area contributed by atoms with Crippen molar-refractivity contribution in [2.45, 2.75) is 12.8 Å². The number of aromatic amines is 1. The Morgan fingerprint density at radius 3 is 3.10 bits per heavy atom. The van der Waals surface area contributed by atoms with Crippen LogP contribution in [0.2, 0.25) is 0 Å². The topological polar surface area (TPSA) is 104 Å². The number of nitrogens with zero attached hydrogens (tertiary/aromatic N) is 3. The van der Waals surface area contributed by atoms with Gasteiger partial charge in [-0.15, -0.1) is 0 Å². The lowest BCUT2D eigenvalue weighted by molar-refractivity contribution is 0.0397. The number of H-pyrrole nitrogens is 1. The molecule has 2 aromatic heterocycles. The molecule has 1 amide bonds. The number of amides is 1. The highest BCUT2D eigenvalue weighted by Gasteiger charge is 2.33. The van der Waals surface area contributed by atoms with Gasteiger partial charge in [0.2, 0.25) is 0 Å². The smallest absolute Gasteiger partial charge is 0.253 e. The molecular formula is C14H15N5O2. The van der Waals surface area contributed by atoms with Crippen molar-refractivity contribution in [3.63, 3.8) is 0 Å². The molecule has 21 heavy (non-hydrogen) atoms. The Bertz CT molecular complexity index is 697. The minimum atomic E-state index is -0.531. The molecule has 0 saturated carbocycles. The highest BCUT2D eigenvalue weighted by molar-refractivity contribution is 6.05. The molecule has 0 spiro atoms. The maximum atomic E-state index is 12.3. The van der Waals surface area contributed by atoms with Gasteiger partial charge in [0.1, 0.15) is 12.0 Å². The number of aromatic nitrogens is 3. The first-order valence-electron chi connectivity index (χ1n) is 6.78. The third-order valence-corrected chi connectivity index (χ3v) is 3.87. The zero-order valence-corrected chi connectivity index (χ0v) is 11.4. The molecule has 3 rings (SSSR count). The van der Waals surface area contributed by atoms with E-state index >= 15 is 0 Å². The maximum absolute atomic E-state index is 12.3. The molecule has 7 heteroatoms. The predicted octanol–water partition coefficient (Wildman–Crippen LogP) is 1.01. The average Bonchev–Trinajstić information content (AvgIpc) is 2.98. The number of carbonyl (C=O) groups is 1. The predicted molar refractivity (Wildman–Crippen MR) is 74.3 cm³/mol. The molecule has 1 saturated heterocycles. The first-order chi connectivity index (χ1) is 10.2. The van der Waals surface area contributed by atoms with Crippen molar-refractivity contribution in [1.82, 2.24) is 20.3 Å². The van der Waals surface area contributed by atoms with Gasteiger partial charge in [-0.3, -0.25) is 4.79 Å². The van der Waals surface area contributed by atoms with Crippen molar-refractivity contribution in [3.8, 4) is 6.07 Å². The number of nitrogens with one attached hydrogen (secondary N) is 2. The molecule has 0 bridgehead atoms. The fourth-order valence-corrected chi connectivity index (χ4v) is 2.48. The zero-order valence-electron chi connectivity index (χ0n) is 11.4. The molecule has 0 aliphatic carbocycles. The minimum absolute atomic E-state index is 0.225. The van der Waals surface area contributed by atoms with Crippen molar-refractivity contribution < 1.29 is 9.53 Å². The van der Waals surface area contributed by atoms with Gasteiger partial charge in [-0.2, -0.15) is 5.26 Å². The Morgan fingerprint density at radius 1 is 1.52 bits per heavy atom. The first-order valence-corrected chi connectivity index (χ1v) is 6.78. The highest BCUT2D eigenvalue weighted by Crippen LogP contribution is 2.28. The third kappa shape index (κ3) is 2.58. The van der Waals surface area contributed by atoms with Gasteiger partial charge in [-0.05, 0) is 12.8 Å². The lowest BCUT2D eigenvalue weighted by Crippen LogP contribution is -2.40. The SMILES string of the molecule is N#CC1(CNC(=O)c2c[nH]c3ncncc23)CCOCC1. The maximum Gasteiger partial charge on any atom is 0.253 e. The second-order valence-electron chi connectivity index (χ2n) is 5.17. The van der Waals surface area contributed by atoms with E-state index in [9.17, 15) is 10.1 Å². The molecule has 0 radical (unpaired) electrons. The number of fused-ring (bicyclic) bond motifs is 1. The van der Waals surface area contributed by atoms with Gasteiger partial charge >= 0.3 is 0 Å². The Hall–Kier alpha value is -2.46. The molecule has 1 aliphatic heterocycles. The fraction of sp³-hybridized carbons (Fsp3) is 0.429. The van der Waals surface area contributed by atoms with Crippen LogP contribution in [-0.2, 0) is 4.74 Å². The van der Waals surface area contributed by atoms with Crippen LogP contribution in [-0.4, -0.2) is 40.6 Å². The van der Waals surface area contributed by atoms with E-state index in [1.807, 2.05) is 0 Å². The second-order valence-corrected chi connectivity index (χ2v) is 5.17. The van der Waals surface area contributed by atoms with E-state index in [-0.39, 0.29) is 5.91 Å². The third-order valence-electron chi connectivity index (χ3n) is 3.87. The largest absolute Gasteiger partial charge is 0.381 e. The van der Waals surface area contributed by atoms with Gasteiger partial charge in [0.25, 0.3) is 5.91 Å². The molecular weight excluding hydrogens is 270 g/mol. The summed E-state index contributed by atoms with van der Waals surface area (Å²) in [4.78, 5) is 23.2.